The molecule has 0 aliphatic rings. The van der Waals surface area contributed by atoms with Crippen LogP contribution in [-0.4, -0.2) is 38.8 Å². The van der Waals surface area contributed by atoms with Crippen molar-refractivity contribution in [1.29, 1.82) is 0 Å². The van der Waals surface area contributed by atoms with Crippen LogP contribution >= 0.6 is 0 Å². The van der Waals surface area contributed by atoms with Gasteiger partial charge in [0.25, 0.3) is 0 Å². The summed E-state index contributed by atoms with van der Waals surface area (Å²) in [5, 5.41) is 1.84. The smallest absolute Gasteiger partial charge is 0.416 e. The average Bonchev–Trinajstić information content (AvgIpc) is 2.70. The average molecular weight is 502 g/mol. The lowest BCUT2D eigenvalue weighted by Crippen LogP contribution is -2.38. The highest BCUT2D eigenvalue weighted by molar-refractivity contribution is 7.89. The summed E-state index contributed by atoms with van der Waals surface area (Å²) in [7, 11) is -3.39. The Morgan fingerprint density at radius 2 is 1.55 bits per heavy atom. The lowest BCUT2D eigenvalue weighted by atomic mass is 10.1. The second kappa shape index (κ2) is 9.55. The minimum atomic E-state index is -5.13. The number of rotatable bonds is 7. The van der Waals surface area contributed by atoms with Gasteiger partial charge >= 0.3 is 12.4 Å². The quantitative estimate of drug-likeness (QED) is 0.565. The number of hydrogen-bond donors (Lipinski definition) is 1. The van der Waals surface area contributed by atoms with E-state index in [2.05, 4.69) is 0 Å². The Kier molecular flexibility index (Phi) is 7.63. The van der Waals surface area contributed by atoms with Crippen molar-refractivity contribution >= 4 is 21.6 Å². The number of alkyl halides is 6. The van der Waals surface area contributed by atoms with E-state index in [1.807, 2.05) is 5.32 Å². The summed E-state index contributed by atoms with van der Waals surface area (Å²) in [6.07, 6.45) is -10.3. The normalized spacial score (nSPS) is 12.7. The van der Waals surface area contributed by atoms with Crippen LogP contribution in [-0.2, 0) is 27.2 Å². The molecule has 0 bridgehead atoms. The van der Waals surface area contributed by atoms with Crippen molar-refractivity contribution in [2.24, 2.45) is 0 Å². The van der Waals surface area contributed by atoms with Crippen molar-refractivity contribution in [1.82, 2.24) is 4.31 Å². The Balaban J connectivity index is 2.35. The van der Waals surface area contributed by atoms with Crippen molar-refractivity contribution in [3.8, 4) is 5.75 Å². The number of benzene rings is 2. The number of amides is 1. The first-order chi connectivity index (χ1) is 15.1. The molecule has 0 heterocycles. The summed E-state index contributed by atoms with van der Waals surface area (Å²) < 4.78 is 123. The van der Waals surface area contributed by atoms with Crippen LogP contribution in [0.2, 0.25) is 0 Å². The molecule has 1 N–H and O–H groups in total. The molecule has 2 rings (SSSR count). The molecule has 0 spiro atoms. The number of carbonyl (C=O) groups excluding carboxylic acids is 1. The summed E-state index contributed by atoms with van der Waals surface area (Å²) in [4.78, 5) is 11.7. The third-order valence-corrected chi connectivity index (χ3v) is 6.23. The Labute approximate surface area is 184 Å². The number of likely N-dealkylation sites (N-methyl/N-ethyl adjacent to an activating group) is 1. The van der Waals surface area contributed by atoms with E-state index in [0.29, 0.717) is 10.4 Å². The standard InChI is InChI=1S/C19H17F7N2O4S/c1-3-28(33(30,31)16-9-13(20)4-5-15(16)32-2)10-17(29)27-14-7-11(18(21,22)23)6-12(8-14)19(24,25)26/h4-9H,3,10H2,1-2H3,(H,27,29). The highest BCUT2D eigenvalue weighted by Crippen LogP contribution is 2.37. The molecule has 14 heteroatoms. The van der Waals surface area contributed by atoms with Gasteiger partial charge in [-0.25, -0.2) is 12.8 Å². The lowest BCUT2D eigenvalue weighted by Gasteiger charge is -2.21. The third-order valence-electron chi connectivity index (χ3n) is 4.29. The van der Waals surface area contributed by atoms with Crippen LogP contribution < -0.4 is 10.1 Å². The monoisotopic (exact) mass is 502 g/mol. The molecular formula is C19H17F7N2O4S. The number of halogens is 7. The van der Waals surface area contributed by atoms with Gasteiger partial charge in [0.1, 0.15) is 16.5 Å². The van der Waals surface area contributed by atoms with E-state index in [9.17, 15) is 43.9 Å². The molecule has 0 aliphatic carbocycles. The predicted octanol–water partition coefficient (Wildman–Crippen LogP) is 4.52. The van der Waals surface area contributed by atoms with E-state index in [4.69, 9.17) is 4.74 Å². The highest BCUT2D eigenvalue weighted by atomic mass is 32.2. The fourth-order valence-electron chi connectivity index (χ4n) is 2.75. The van der Waals surface area contributed by atoms with E-state index in [0.717, 1.165) is 19.2 Å². The summed E-state index contributed by atoms with van der Waals surface area (Å²) >= 11 is 0. The number of hydrogen-bond acceptors (Lipinski definition) is 4. The first-order valence-corrected chi connectivity index (χ1v) is 10.5. The van der Waals surface area contributed by atoms with Crippen LogP contribution in [0.5, 0.6) is 5.75 Å². The minimum Gasteiger partial charge on any atom is -0.495 e. The Morgan fingerprint density at radius 3 is 2.00 bits per heavy atom. The van der Waals surface area contributed by atoms with Crippen LogP contribution in [0, 0.1) is 5.82 Å². The first kappa shape index (κ1) is 26.4. The van der Waals surface area contributed by atoms with E-state index in [-0.39, 0.29) is 30.5 Å². The third kappa shape index (κ3) is 6.35. The van der Waals surface area contributed by atoms with Crippen molar-refractivity contribution in [3.63, 3.8) is 0 Å². The number of carbonyl (C=O) groups is 1. The molecule has 2 aromatic carbocycles. The molecule has 0 radical (unpaired) electrons. The molecule has 2 aromatic rings. The number of nitrogens with one attached hydrogen (secondary N) is 1. The molecule has 182 valence electrons. The largest absolute Gasteiger partial charge is 0.495 e. The predicted molar refractivity (Wildman–Crippen MR) is 102 cm³/mol. The zero-order chi connectivity index (χ0) is 25.2. The fraction of sp³-hybridized carbons (Fsp3) is 0.316. The maximum Gasteiger partial charge on any atom is 0.416 e. The van der Waals surface area contributed by atoms with Gasteiger partial charge in [0.05, 0.1) is 24.8 Å². The molecule has 1 amide bonds. The van der Waals surface area contributed by atoms with E-state index >= 15 is 0 Å². The SMILES string of the molecule is CCN(CC(=O)Nc1cc(C(F)(F)F)cc(C(F)(F)F)c1)S(=O)(=O)c1cc(F)ccc1OC. The molecular weight excluding hydrogens is 485 g/mol. The van der Waals surface area contributed by atoms with Crippen molar-refractivity contribution in [2.45, 2.75) is 24.2 Å². The topological polar surface area (TPSA) is 75.7 Å². The van der Waals surface area contributed by atoms with Gasteiger partial charge < -0.3 is 10.1 Å². The summed E-state index contributed by atoms with van der Waals surface area (Å²) in [6, 6.07) is 3.08. The first-order valence-electron chi connectivity index (χ1n) is 9.02. The number of ether oxygens (including phenoxy) is 1. The van der Waals surface area contributed by atoms with Crippen LogP contribution in [0.1, 0.15) is 18.1 Å². The number of sulfonamides is 1. The zero-order valence-electron chi connectivity index (χ0n) is 17.0. The Hall–Kier alpha value is -2.87. The van der Waals surface area contributed by atoms with Crippen LogP contribution in [0.25, 0.3) is 0 Å². The summed E-state index contributed by atoms with van der Waals surface area (Å²) in [5.74, 6) is -2.37. The second-order valence-corrected chi connectivity index (χ2v) is 8.48. The lowest BCUT2D eigenvalue weighted by molar-refractivity contribution is -0.143. The Morgan fingerprint density at radius 1 is 1.00 bits per heavy atom. The van der Waals surface area contributed by atoms with Gasteiger partial charge in [-0.1, -0.05) is 6.92 Å². The van der Waals surface area contributed by atoms with Crippen molar-refractivity contribution in [2.75, 3.05) is 25.5 Å². The minimum absolute atomic E-state index is 0.116. The molecule has 0 fully saturated rings. The number of nitrogens with zero attached hydrogens (tertiary/aromatic N) is 1. The van der Waals surface area contributed by atoms with Gasteiger partial charge in [-0.05, 0) is 36.4 Å². The van der Waals surface area contributed by atoms with E-state index in [1.54, 1.807) is 0 Å². The summed E-state index contributed by atoms with van der Waals surface area (Å²) in [5.41, 5.74) is -4.15. The van der Waals surface area contributed by atoms with Gasteiger partial charge in [0.2, 0.25) is 15.9 Å². The van der Waals surface area contributed by atoms with Crippen LogP contribution in [0.4, 0.5) is 36.4 Å². The van der Waals surface area contributed by atoms with Crippen molar-refractivity contribution in [3.05, 3.63) is 53.3 Å². The van der Waals surface area contributed by atoms with Gasteiger partial charge in [0, 0.05) is 12.2 Å². The highest BCUT2D eigenvalue weighted by Gasteiger charge is 2.37. The molecule has 0 saturated heterocycles. The fourth-order valence-corrected chi connectivity index (χ4v) is 4.32. The zero-order valence-corrected chi connectivity index (χ0v) is 17.8. The summed E-state index contributed by atoms with van der Waals surface area (Å²) in [6.45, 7) is 0.0184. The number of methoxy groups -OCH3 is 1. The van der Waals surface area contributed by atoms with Gasteiger partial charge in [-0.15, -0.1) is 0 Å². The molecule has 6 nitrogen and oxygen atoms in total. The van der Waals surface area contributed by atoms with Crippen LogP contribution in [0.3, 0.4) is 0 Å². The second-order valence-electron chi connectivity index (χ2n) is 6.57. The molecule has 0 aliphatic heterocycles. The molecule has 0 saturated carbocycles. The maximum atomic E-state index is 13.6. The van der Waals surface area contributed by atoms with Gasteiger partial charge in [-0.3, -0.25) is 4.79 Å². The van der Waals surface area contributed by atoms with Crippen molar-refractivity contribution < 1.29 is 48.7 Å². The van der Waals surface area contributed by atoms with Gasteiger partial charge in [-0.2, -0.15) is 30.6 Å². The maximum absolute atomic E-state index is 13.6. The van der Waals surface area contributed by atoms with E-state index < -0.39 is 62.4 Å². The Bertz CT molecular complexity index is 1100. The van der Waals surface area contributed by atoms with E-state index in [1.165, 1.54) is 6.92 Å². The molecule has 33 heavy (non-hydrogen) atoms. The molecule has 0 unspecified atom stereocenters. The van der Waals surface area contributed by atoms with Crippen LogP contribution in [0.15, 0.2) is 41.3 Å². The van der Waals surface area contributed by atoms with Gasteiger partial charge in [0.15, 0.2) is 0 Å². The number of anilines is 1. The molecule has 0 aromatic heterocycles. The molecule has 0 atom stereocenters.